The van der Waals surface area contributed by atoms with Crippen molar-refractivity contribution >= 4 is 23.5 Å². The molecule has 0 aliphatic heterocycles. The van der Waals surface area contributed by atoms with E-state index in [1.165, 1.54) is 0 Å². The summed E-state index contributed by atoms with van der Waals surface area (Å²) in [6.07, 6.45) is 6.85. The van der Waals surface area contributed by atoms with Crippen LogP contribution in [0, 0.1) is 0 Å². The van der Waals surface area contributed by atoms with Crippen molar-refractivity contribution in [3.05, 3.63) is 30.0 Å². The fourth-order valence-corrected chi connectivity index (χ4v) is 1.17. The van der Waals surface area contributed by atoms with Gasteiger partial charge in [-0.1, -0.05) is 12.2 Å². The summed E-state index contributed by atoms with van der Waals surface area (Å²) in [5, 5.41) is 0. The molecule has 0 spiro atoms. The van der Waals surface area contributed by atoms with E-state index in [-0.39, 0.29) is 0 Å². The largest absolute Gasteiger partial charge is 0.363 e. The normalized spacial score (nSPS) is 10.8. The van der Waals surface area contributed by atoms with Gasteiger partial charge in [-0.15, -0.1) is 11.6 Å². The van der Waals surface area contributed by atoms with E-state index in [1.54, 1.807) is 0 Å². The smallest absolute Gasteiger partial charge is 0.127 e. The zero-order valence-corrected chi connectivity index (χ0v) is 9.33. The first-order valence-corrected chi connectivity index (χ1v) is 5.13. The molecular formula is C11H15ClN2. The van der Waals surface area contributed by atoms with Crippen molar-refractivity contribution in [2.45, 2.75) is 6.42 Å². The van der Waals surface area contributed by atoms with Gasteiger partial charge in [-0.25, -0.2) is 4.98 Å². The van der Waals surface area contributed by atoms with E-state index in [9.17, 15) is 0 Å². The molecule has 0 N–H and O–H groups in total. The molecule has 0 bridgehead atoms. The third kappa shape index (κ3) is 3.38. The van der Waals surface area contributed by atoms with Crippen molar-refractivity contribution in [2.75, 3.05) is 24.9 Å². The van der Waals surface area contributed by atoms with E-state index < -0.39 is 0 Å². The Balaban J connectivity index is 2.64. The molecule has 0 fully saturated rings. The van der Waals surface area contributed by atoms with Gasteiger partial charge in [0.05, 0.1) is 0 Å². The predicted molar refractivity (Wildman–Crippen MR) is 62.9 cm³/mol. The number of halogens is 1. The number of hydrogen-bond donors (Lipinski definition) is 0. The van der Waals surface area contributed by atoms with Crippen LogP contribution in [0.3, 0.4) is 0 Å². The third-order valence-electron chi connectivity index (χ3n) is 1.82. The molecule has 0 aliphatic carbocycles. The van der Waals surface area contributed by atoms with Crippen molar-refractivity contribution in [3.8, 4) is 0 Å². The molecule has 1 aromatic heterocycles. The Morgan fingerprint density at radius 1 is 1.43 bits per heavy atom. The van der Waals surface area contributed by atoms with Crippen LogP contribution < -0.4 is 4.90 Å². The summed E-state index contributed by atoms with van der Waals surface area (Å²) in [6.45, 7) is 0. The van der Waals surface area contributed by atoms with Gasteiger partial charge in [0.1, 0.15) is 5.82 Å². The Labute approximate surface area is 90.2 Å². The highest BCUT2D eigenvalue weighted by molar-refractivity contribution is 6.17. The van der Waals surface area contributed by atoms with Crippen LogP contribution in [0.5, 0.6) is 0 Å². The summed E-state index contributed by atoms with van der Waals surface area (Å²) >= 11 is 5.56. The number of nitrogens with zero attached hydrogens (tertiary/aromatic N) is 2. The summed E-state index contributed by atoms with van der Waals surface area (Å²) in [6, 6.07) is 4.05. The van der Waals surface area contributed by atoms with Crippen LogP contribution in [0.2, 0.25) is 0 Å². The molecule has 0 aromatic carbocycles. The first-order valence-electron chi connectivity index (χ1n) is 4.60. The topological polar surface area (TPSA) is 16.1 Å². The van der Waals surface area contributed by atoms with Gasteiger partial charge in [0, 0.05) is 26.2 Å². The predicted octanol–water partition coefficient (Wildman–Crippen LogP) is 2.79. The van der Waals surface area contributed by atoms with Gasteiger partial charge >= 0.3 is 0 Å². The average molecular weight is 211 g/mol. The number of hydrogen-bond acceptors (Lipinski definition) is 2. The van der Waals surface area contributed by atoms with E-state index in [2.05, 4.69) is 11.1 Å². The minimum Gasteiger partial charge on any atom is -0.363 e. The molecule has 2 nitrogen and oxygen atoms in total. The van der Waals surface area contributed by atoms with Gasteiger partial charge in [-0.3, -0.25) is 0 Å². The Bertz CT molecular complexity index is 291. The Kier molecular flexibility index (Phi) is 4.47. The lowest BCUT2D eigenvalue weighted by atomic mass is 10.2. The fourth-order valence-electron chi connectivity index (χ4n) is 1.04. The molecule has 1 aromatic rings. The second-order valence-corrected chi connectivity index (χ2v) is 3.60. The Morgan fingerprint density at radius 3 is 2.71 bits per heavy atom. The molecule has 0 aliphatic rings. The van der Waals surface area contributed by atoms with Crippen molar-refractivity contribution in [3.63, 3.8) is 0 Å². The second-order valence-electron chi connectivity index (χ2n) is 3.22. The van der Waals surface area contributed by atoms with Crippen LogP contribution in [0.15, 0.2) is 24.4 Å². The van der Waals surface area contributed by atoms with E-state index >= 15 is 0 Å². The number of anilines is 1. The zero-order valence-electron chi connectivity index (χ0n) is 8.57. The molecule has 0 saturated carbocycles. The number of aromatic nitrogens is 1. The van der Waals surface area contributed by atoms with Crippen LogP contribution in [0.1, 0.15) is 12.0 Å². The molecule has 1 heterocycles. The molecule has 76 valence electrons. The maximum atomic E-state index is 5.56. The van der Waals surface area contributed by atoms with Crippen LogP contribution in [-0.4, -0.2) is 25.0 Å². The lowest BCUT2D eigenvalue weighted by Gasteiger charge is -2.10. The Morgan fingerprint density at radius 2 is 2.21 bits per heavy atom. The third-order valence-corrected chi connectivity index (χ3v) is 2.03. The lowest BCUT2D eigenvalue weighted by molar-refractivity contribution is 1.07. The molecule has 3 heteroatoms. The zero-order chi connectivity index (χ0) is 10.4. The quantitative estimate of drug-likeness (QED) is 0.711. The first-order chi connectivity index (χ1) is 6.74. The van der Waals surface area contributed by atoms with Crippen molar-refractivity contribution in [2.24, 2.45) is 0 Å². The first kappa shape index (κ1) is 11.1. The van der Waals surface area contributed by atoms with Gasteiger partial charge in [0.2, 0.25) is 0 Å². The monoisotopic (exact) mass is 210 g/mol. The maximum absolute atomic E-state index is 5.56. The highest BCUT2D eigenvalue weighted by Gasteiger charge is 1.94. The Hall–Kier alpha value is -1.02. The molecule has 0 saturated heterocycles. The molecule has 0 atom stereocenters. The summed E-state index contributed by atoms with van der Waals surface area (Å²) < 4.78 is 0. The molecular weight excluding hydrogens is 196 g/mol. The maximum Gasteiger partial charge on any atom is 0.127 e. The van der Waals surface area contributed by atoms with Crippen LogP contribution in [-0.2, 0) is 0 Å². The summed E-state index contributed by atoms with van der Waals surface area (Å²) in [7, 11) is 3.96. The van der Waals surface area contributed by atoms with E-state index in [0.29, 0.717) is 5.88 Å². The lowest BCUT2D eigenvalue weighted by Crippen LogP contribution is -2.09. The van der Waals surface area contributed by atoms with Gasteiger partial charge < -0.3 is 4.90 Å². The van der Waals surface area contributed by atoms with E-state index in [1.807, 2.05) is 43.4 Å². The van der Waals surface area contributed by atoms with Crippen LogP contribution >= 0.6 is 11.6 Å². The molecule has 0 radical (unpaired) electrons. The fraction of sp³-hybridized carbons (Fsp3) is 0.364. The van der Waals surface area contributed by atoms with Crippen LogP contribution in [0.4, 0.5) is 5.82 Å². The van der Waals surface area contributed by atoms with Gasteiger partial charge in [-0.2, -0.15) is 0 Å². The van der Waals surface area contributed by atoms with Gasteiger partial charge in [0.15, 0.2) is 0 Å². The molecule has 0 amide bonds. The van der Waals surface area contributed by atoms with Gasteiger partial charge in [-0.05, 0) is 24.1 Å². The van der Waals surface area contributed by atoms with Crippen LogP contribution in [0.25, 0.3) is 6.08 Å². The summed E-state index contributed by atoms with van der Waals surface area (Å²) in [5.74, 6) is 1.64. The SMILES string of the molecule is CN(C)c1ccc(C=CCCCl)cn1. The molecule has 14 heavy (non-hydrogen) atoms. The highest BCUT2D eigenvalue weighted by Crippen LogP contribution is 2.09. The van der Waals surface area contributed by atoms with E-state index in [0.717, 1.165) is 17.8 Å². The summed E-state index contributed by atoms with van der Waals surface area (Å²) in [4.78, 5) is 6.28. The molecule has 1 rings (SSSR count). The number of alkyl halides is 1. The number of rotatable bonds is 4. The van der Waals surface area contributed by atoms with Crippen molar-refractivity contribution in [1.82, 2.24) is 4.98 Å². The standard InChI is InChI=1S/C11H15ClN2/c1-14(2)11-7-6-10(9-13-11)5-3-4-8-12/h3,5-7,9H,4,8H2,1-2H3. The highest BCUT2D eigenvalue weighted by atomic mass is 35.5. The average Bonchev–Trinajstić information content (AvgIpc) is 2.19. The number of allylic oxidation sites excluding steroid dienone is 1. The van der Waals surface area contributed by atoms with Gasteiger partial charge in [0.25, 0.3) is 0 Å². The number of pyridine rings is 1. The minimum atomic E-state index is 0.666. The second kappa shape index (κ2) is 5.66. The van der Waals surface area contributed by atoms with Crippen molar-refractivity contribution in [1.29, 1.82) is 0 Å². The molecule has 0 unspecified atom stereocenters. The van der Waals surface area contributed by atoms with E-state index in [4.69, 9.17) is 11.6 Å². The minimum absolute atomic E-state index is 0.666. The summed E-state index contributed by atoms with van der Waals surface area (Å²) in [5.41, 5.74) is 1.11. The van der Waals surface area contributed by atoms with Crippen molar-refractivity contribution < 1.29 is 0 Å².